The van der Waals surface area contributed by atoms with Gasteiger partial charge in [0.15, 0.2) is 0 Å². The molecule has 3 nitrogen and oxygen atoms in total. The average molecular weight is 298 g/mol. The first-order chi connectivity index (χ1) is 8.20. The molecule has 2 rings (SSSR count). The maximum Gasteiger partial charge on any atom is 0.0471 e. The van der Waals surface area contributed by atoms with Gasteiger partial charge in [0.25, 0.3) is 0 Å². The van der Waals surface area contributed by atoms with Crippen LogP contribution in [0.4, 0.5) is 0 Å². The van der Waals surface area contributed by atoms with Gasteiger partial charge in [0, 0.05) is 43.2 Å². The lowest BCUT2D eigenvalue weighted by atomic mass is 10.0. The van der Waals surface area contributed by atoms with Gasteiger partial charge in [-0.15, -0.1) is 0 Å². The predicted molar refractivity (Wildman–Crippen MR) is 75.0 cm³/mol. The third-order valence-electron chi connectivity index (χ3n) is 3.46. The van der Waals surface area contributed by atoms with Gasteiger partial charge in [-0.2, -0.15) is 0 Å². The Hall–Kier alpha value is -0.420. The van der Waals surface area contributed by atoms with Crippen molar-refractivity contribution < 1.29 is 0 Å². The Bertz CT molecular complexity index is 344. The fourth-order valence-electron chi connectivity index (χ4n) is 2.31. The Balaban J connectivity index is 2.08. The molecule has 0 radical (unpaired) electrons. The van der Waals surface area contributed by atoms with Gasteiger partial charge in [0.2, 0.25) is 0 Å². The largest absolute Gasteiger partial charge is 0.329 e. The molecule has 0 bridgehead atoms. The Kier molecular flexibility index (Phi) is 4.56. The number of hydrogen-bond acceptors (Lipinski definition) is 3. The summed E-state index contributed by atoms with van der Waals surface area (Å²) in [6, 6.07) is 8.87. The van der Waals surface area contributed by atoms with Crippen molar-refractivity contribution in [3.63, 3.8) is 0 Å². The van der Waals surface area contributed by atoms with Crippen LogP contribution in [0.1, 0.15) is 11.6 Å². The van der Waals surface area contributed by atoms with Crippen molar-refractivity contribution in [1.29, 1.82) is 0 Å². The summed E-state index contributed by atoms with van der Waals surface area (Å²) in [7, 11) is 2.18. The molecule has 0 aliphatic carbocycles. The number of nitrogens with zero attached hydrogens (tertiary/aromatic N) is 2. The number of likely N-dealkylation sites (N-methyl/N-ethyl adjacent to an activating group) is 1. The minimum absolute atomic E-state index is 0.358. The van der Waals surface area contributed by atoms with Gasteiger partial charge >= 0.3 is 0 Å². The quantitative estimate of drug-likeness (QED) is 0.922. The smallest absolute Gasteiger partial charge is 0.0471 e. The number of benzene rings is 1. The van der Waals surface area contributed by atoms with E-state index in [0.717, 1.165) is 30.7 Å². The third kappa shape index (κ3) is 3.28. The molecule has 1 aromatic rings. The van der Waals surface area contributed by atoms with Crippen LogP contribution in [0.15, 0.2) is 28.7 Å². The number of nitrogens with two attached hydrogens (primary N) is 1. The fourth-order valence-corrected chi connectivity index (χ4v) is 2.58. The molecule has 1 heterocycles. The van der Waals surface area contributed by atoms with Crippen molar-refractivity contribution in [3.8, 4) is 0 Å². The first-order valence-electron chi connectivity index (χ1n) is 6.09. The van der Waals surface area contributed by atoms with Crippen LogP contribution in [0, 0.1) is 0 Å². The molecule has 0 aromatic heterocycles. The maximum absolute atomic E-state index is 5.94. The molecular formula is C13H20BrN3. The third-order valence-corrected chi connectivity index (χ3v) is 3.99. The molecule has 1 fully saturated rings. The average Bonchev–Trinajstić information content (AvgIpc) is 2.35. The summed E-state index contributed by atoms with van der Waals surface area (Å²) in [5.41, 5.74) is 7.26. The van der Waals surface area contributed by atoms with Crippen LogP contribution in [0.25, 0.3) is 0 Å². The zero-order valence-electron chi connectivity index (χ0n) is 10.3. The second kappa shape index (κ2) is 5.96. The highest BCUT2D eigenvalue weighted by Crippen LogP contribution is 2.22. The van der Waals surface area contributed by atoms with Crippen LogP contribution in [-0.2, 0) is 0 Å². The molecule has 17 heavy (non-hydrogen) atoms. The van der Waals surface area contributed by atoms with Crippen LogP contribution in [0.5, 0.6) is 0 Å². The first-order valence-corrected chi connectivity index (χ1v) is 6.88. The molecular weight excluding hydrogens is 278 g/mol. The molecule has 1 unspecified atom stereocenters. The molecule has 1 atom stereocenters. The first kappa shape index (κ1) is 13.0. The molecule has 4 heteroatoms. The monoisotopic (exact) mass is 297 g/mol. The summed E-state index contributed by atoms with van der Waals surface area (Å²) in [6.07, 6.45) is 0. The van der Waals surface area contributed by atoms with E-state index in [2.05, 4.69) is 57.0 Å². The standard InChI is InChI=1S/C13H20BrN3/c1-16-6-8-17(9-7-16)13(10-15)11-2-4-12(14)5-3-11/h2-5,13H,6-10,15H2,1H3. The maximum atomic E-state index is 5.94. The predicted octanol–water partition coefficient (Wildman–Crippen LogP) is 1.70. The van der Waals surface area contributed by atoms with E-state index in [1.807, 2.05) is 0 Å². The summed E-state index contributed by atoms with van der Waals surface area (Å²) in [5.74, 6) is 0. The molecule has 0 saturated carbocycles. The fraction of sp³-hybridized carbons (Fsp3) is 0.538. The molecule has 0 spiro atoms. The van der Waals surface area contributed by atoms with Crippen LogP contribution >= 0.6 is 15.9 Å². The van der Waals surface area contributed by atoms with Crippen molar-refractivity contribution >= 4 is 15.9 Å². The highest BCUT2D eigenvalue weighted by molar-refractivity contribution is 9.10. The SMILES string of the molecule is CN1CCN(C(CN)c2ccc(Br)cc2)CC1. The van der Waals surface area contributed by atoms with Gasteiger partial charge in [-0.3, -0.25) is 4.90 Å². The number of rotatable bonds is 3. The Morgan fingerprint density at radius 1 is 1.18 bits per heavy atom. The molecule has 1 aliphatic rings. The summed E-state index contributed by atoms with van der Waals surface area (Å²) in [4.78, 5) is 4.86. The summed E-state index contributed by atoms with van der Waals surface area (Å²) < 4.78 is 1.12. The minimum atomic E-state index is 0.358. The van der Waals surface area contributed by atoms with Crippen LogP contribution in [0.2, 0.25) is 0 Å². The van der Waals surface area contributed by atoms with Crippen molar-refractivity contribution in [3.05, 3.63) is 34.3 Å². The minimum Gasteiger partial charge on any atom is -0.329 e. The number of piperazine rings is 1. The van der Waals surface area contributed by atoms with Gasteiger partial charge < -0.3 is 10.6 Å². The van der Waals surface area contributed by atoms with Crippen molar-refractivity contribution in [1.82, 2.24) is 9.80 Å². The van der Waals surface area contributed by atoms with E-state index in [9.17, 15) is 0 Å². The van der Waals surface area contributed by atoms with Crippen molar-refractivity contribution in [2.45, 2.75) is 6.04 Å². The topological polar surface area (TPSA) is 32.5 Å². The van der Waals surface area contributed by atoms with Gasteiger partial charge in [0.05, 0.1) is 0 Å². The molecule has 0 amide bonds. The van der Waals surface area contributed by atoms with Gasteiger partial charge in [0.1, 0.15) is 0 Å². The lowest BCUT2D eigenvalue weighted by molar-refractivity contribution is 0.114. The van der Waals surface area contributed by atoms with E-state index in [4.69, 9.17) is 5.73 Å². The van der Waals surface area contributed by atoms with Gasteiger partial charge in [-0.05, 0) is 24.7 Å². The summed E-state index contributed by atoms with van der Waals surface area (Å²) in [5, 5.41) is 0. The highest BCUT2D eigenvalue weighted by atomic mass is 79.9. The summed E-state index contributed by atoms with van der Waals surface area (Å²) in [6.45, 7) is 5.16. The van der Waals surface area contributed by atoms with Crippen molar-refractivity contribution in [2.75, 3.05) is 39.8 Å². The second-order valence-corrected chi connectivity index (χ2v) is 5.56. The Morgan fingerprint density at radius 2 is 1.76 bits per heavy atom. The number of halogens is 1. The summed E-state index contributed by atoms with van der Waals surface area (Å²) >= 11 is 3.47. The van der Waals surface area contributed by atoms with E-state index < -0.39 is 0 Å². The van der Waals surface area contributed by atoms with E-state index in [1.54, 1.807) is 0 Å². The normalized spacial score (nSPS) is 20.4. The zero-order chi connectivity index (χ0) is 12.3. The van der Waals surface area contributed by atoms with E-state index >= 15 is 0 Å². The molecule has 1 aliphatic heterocycles. The molecule has 94 valence electrons. The second-order valence-electron chi connectivity index (χ2n) is 4.64. The van der Waals surface area contributed by atoms with E-state index in [1.165, 1.54) is 5.56 Å². The zero-order valence-corrected chi connectivity index (χ0v) is 11.9. The van der Waals surface area contributed by atoms with E-state index in [0.29, 0.717) is 12.6 Å². The lowest BCUT2D eigenvalue weighted by Gasteiger charge is -2.37. The number of hydrogen-bond donors (Lipinski definition) is 1. The molecule has 2 N–H and O–H groups in total. The van der Waals surface area contributed by atoms with Crippen molar-refractivity contribution in [2.24, 2.45) is 5.73 Å². The van der Waals surface area contributed by atoms with Gasteiger partial charge in [-0.25, -0.2) is 0 Å². The molecule has 1 aromatic carbocycles. The van der Waals surface area contributed by atoms with Crippen LogP contribution in [0.3, 0.4) is 0 Å². The Labute approximate surface area is 112 Å². The van der Waals surface area contributed by atoms with Crippen LogP contribution < -0.4 is 5.73 Å². The highest BCUT2D eigenvalue weighted by Gasteiger charge is 2.22. The van der Waals surface area contributed by atoms with Gasteiger partial charge in [-0.1, -0.05) is 28.1 Å². The lowest BCUT2D eigenvalue weighted by Crippen LogP contribution is -2.47. The Morgan fingerprint density at radius 3 is 2.29 bits per heavy atom. The molecule has 1 saturated heterocycles. The van der Waals surface area contributed by atoms with Crippen LogP contribution in [-0.4, -0.2) is 49.6 Å². The van der Waals surface area contributed by atoms with E-state index in [-0.39, 0.29) is 0 Å².